The van der Waals surface area contributed by atoms with Crippen LogP contribution in [0.2, 0.25) is 0 Å². The van der Waals surface area contributed by atoms with Gasteiger partial charge in [0.05, 0.1) is 4.90 Å². The van der Waals surface area contributed by atoms with Gasteiger partial charge in [0, 0.05) is 6.54 Å². The van der Waals surface area contributed by atoms with Crippen molar-refractivity contribution in [1.29, 1.82) is 0 Å². The van der Waals surface area contributed by atoms with Crippen LogP contribution in [0.4, 0.5) is 0 Å². The summed E-state index contributed by atoms with van der Waals surface area (Å²) in [7, 11) is -3.49. The van der Waals surface area contributed by atoms with Crippen molar-refractivity contribution in [2.45, 2.75) is 4.90 Å². The Morgan fingerprint density at radius 1 is 1.27 bits per heavy atom. The minimum absolute atomic E-state index is 0.0234. The largest absolute Gasteiger partial charge is 0.467 e. The van der Waals surface area contributed by atoms with Crippen LogP contribution in [0.15, 0.2) is 35.2 Å². The topological polar surface area (TPSA) is 72.5 Å². The van der Waals surface area contributed by atoms with Crippen LogP contribution in [-0.4, -0.2) is 28.0 Å². The van der Waals surface area contributed by atoms with Crippen LogP contribution >= 0.6 is 0 Å². The van der Waals surface area contributed by atoms with Gasteiger partial charge in [-0.15, -0.1) is 0 Å². The standard InChI is InChI=1S/C9H11NO4S/c11-8-14-7-6-10-15(12,13)9-4-2-1-3-5-9/h1-5,8,10H,6-7H2. The van der Waals surface area contributed by atoms with Crippen molar-refractivity contribution < 1.29 is 17.9 Å². The highest BCUT2D eigenvalue weighted by Gasteiger charge is 2.11. The molecule has 0 amide bonds. The Kier molecular flexibility index (Phi) is 4.26. The van der Waals surface area contributed by atoms with Gasteiger partial charge < -0.3 is 4.74 Å². The van der Waals surface area contributed by atoms with Gasteiger partial charge in [0.25, 0.3) is 6.47 Å². The quantitative estimate of drug-likeness (QED) is 0.556. The Balaban J connectivity index is 2.57. The zero-order valence-electron chi connectivity index (χ0n) is 7.92. The van der Waals surface area contributed by atoms with Crippen LogP contribution < -0.4 is 4.72 Å². The summed E-state index contributed by atoms with van der Waals surface area (Å²) in [6.45, 7) is 0.363. The lowest BCUT2D eigenvalue weighted by Crippen LogP contribution is -2.27. The molecule has 0 saturated carbocycles. The molecule has 5 nitrogen and oxygen atoms in total. The van der Waals surface area contributed by atoms with Gasteiger partial charge in [-0.3, -0.25) is 4.79 Å². The average molecular weight is 229 g/mol. The van der Waals surface area contributed by atoms with Gasteiger partial charge in [0.2, 0.25) is 10.0 Å². The molecule has 0 bridgehead atoms. The van der Waals surface area contributed by atoms with Crippen LogP contribution in [0.25, 0.3) is 0 Å². The highest BCUT2D eigenvalue weighted by molar-refractivity contribution is 7.89. The second-order valence-electron chi connectivity index (χ2n) is 2.68. The molecule has 0 unspecified atom stereocenters. The summed E-state index contributed by atoms with van der Waals surface area (Å²) in [6, 6.07) is 7.98. The van der Waals surface area contributed by atoms with Gasteiger partial charge in [-0.1, -0.05) is 18.2 Å². The molecule has 1 N–H and O–H groups in total. The molecule has 1 aromatic rings. The molecular weight excluding hydrogens is 218 g/mol. The number of hydrogen-bond donors (Lipinski definition) is 1. The van der Waals surface area contributed by atoms with E-state index in [9.17, 15) is 13.2 Å². The number of ether oxygens (including phenoxy) is 1. The first kappa shape index (κ1) is 11.7. The number of sulfonamides is 1. The van der Waals surface area contributed by atoms with Crippen molar-refractivity contribution in [3.05, 3.63) is 30.3 Å². The smallest absolute Gasteiger partial charge is 0.293 e. The molecule has 1 rings (SSSR count). The van der Waals surface area contributed by atoms with Gasteiger partial charge in [0.15, 0.2) is 0 Å². The van der Waals surface area contributed by atoms with Crippen molar-refractivity contribution in [1.82, 2.24) is 4.72 Å². The third-order valence-corrected chi connectivity index (χ3v) is 3.11. The van der Waals surface area contributed by atoms with E-state index >= 15 is 0 Å². The van der Waals surface area contributed by atoms with E-state index in [1.165, 1.54) is 12.1 Å². The Labute approximate surface area is 88.1 Å². The van der Waals surface area contributed by atoms with E-state index in [-0.39, 0.29) is 24.5 Å². The second-order valence-corrected chi connectivity index (χ2v) is 4.44. The van der Waals surface area contributed by atoms with Gasteiger partial charge in [0.1, 0.15) is 6.61 Å². The third-order valence-electron chi connectivity index (χ3n) is 1.63. The summed E-state index contributed by atoms with van der Waals surface area (Å²) in [5.74, 6) is 0. The molecule has 0 radical (unpaired) electrons. The van der Waals surface area contributed by atoms with Crippen molar-refractivity contribution in [3.8, 4) is 0 Å². The summed E-state index contributed by atoms with van der Waals surface area (Å²) in [5.41, 5.74) is 0. The van der Waals surface area contributed by atoms with Gasteiger partial charge in [-0.05, 0) is 12.1 Å². The van der Waals surface area contributed by atoms with E-state index in [1.807, 2.05) is 0 Å². The second kappa shape index (κ2) is 5.47. The van der Waals surface area contributed by atoms with Crippen LogP contribution in [0.3, 0.4) is 0 Å². The minimum atomic E-state index is -3.49. The molecule has 0 atom stereocenters. The highest BCUT2D eigenvalue weighted by atomic mass is 32.2. The first-order valence-electron chi connectivity index (χ1n) is 4.27. The summed E-state index contributed by atoms with van der Waals surface area (Å²) >= 11 is 0. The summed E-state index contributed by atoms with van der Waals surface area (Å²) < 4.78 is 29.7. The average Bonchev–Trinajstić information content (AvgIpc) is 2.26. The zero-order valence-corrected chi connectivity index (χ0v) is 8.74. The summed E-state index contributed by atoms with van der Waals surface area (Å²) in [6.07, 6.45) is 0. The molecule has 0 aliphatic carbocycles. The maximum atomic E-state index is 11.5. The third kappa shape index (κ3) is 3.69. The minimum Gasteiger partial charge on any atom is -0.467 e. The molecule has 0 heterocycles. The van der Waals surface area contributed by atoms with Gasteiger partial charge >= 0.3 is 0 Å². The molecule has 0 fully saturated rings. The Hall–Kier alpha value is -1.40. The maximum Gasteiger partial charge on any atom is 0.293 e. The highest BCUT2D eigenvalue weighted by Crippen LogP contribution is 2.06. The molecule has 0 aromatic heterocycles. The predicted molar refractivity (Wildman–Crippen MR) is 53.6 cm³/mol. The predicted octanol–water partition coefficient (Wildman–Crippen LogP) is 0.138. The Bertz CT molecular complexity index is 401. The van der Waals surface area contributed by atoms with Crippen molar-refractivity contribution in [3.63, 3.8) is 0 Å². The van der Waals surface area contributed by atoms with Gasteiger partial charge in [-0.25, -0.2) is 13.1 Å². The van der Waals surface area contributed by atoms with E-state index in [4.69, 9.17) is 0 Å². The molecule has 0 aliphatic rings. The number of benzene rings is 1. The maximum absolute atomic E-state index is 11.5. The van der Waals surface area contributed by atoms with Crippen LogP contribution in [0.5, 0.6) is 0 Å². The number of carbonyl (C=O) groups excluding carboxylic acids is 1. The fourth-order valence-electron chi connectivity index (χ4n) is 0.966. The van der Waals surface area contributed by atoms with E-state index in [1.54, 1.807) is 18.2 Å². The summed E-state index contributed by atoms with van der Waals surface area (Å²) in [4.78, 5) is 9.99. The number of carbonyl (C=O) groups is 1. The lowest BCUT2D eigenvalue weighted by Gasteiger charge is -2.05. The van der Waals surface area contributed by atoms with E-state index in [2.05, 4.69) is 9.46 Å². The molecule has 82 valence electrons. The lowest BCUT2D eigenvalue weighted by atomic mass is 10.4. The number of rotatable bonds is 6. The lowest BCUT2D eigenvalue weighted by molar-refractivity contribution is -0.128. The molecule has 15 heavy (non-hydrogen) atoms. The van der Waals surface area contributed by atoms with Crippen molar-refractivity contribution in [2.24, 2.45) is 0 Å². The Morgan fingerprint density at radius 3 is 2.53 bits per heavy atom. The van der Waals surface area contributed by atoms with Crippen LogP contribution in [-0.2, 0) is 19.6 Å². The normalized spacial score (nSPS) is 10.9. The monoisotopic (exact) mass is 229 g/mol. The molecule has 6 heteroatoms. The van der Waals surface area contributed by atoms with E-state index in [0.717, 1.165) is 0 Å². The fraction of sp³-hybridized carbons (Fsp3) is 0.222. The Morgan fingerprint density at radius 2 is 1.93 bits per heavy atom. The number of hydrogen-bond acceptors (Lipinski definition) is 4. The molecular formula is C9H11NO4S. The van der Waals surface area contributed by atoms with E-state index in [0.29, 0.717) is 0 Å². The van der Waals surface area contributed by atoms with Crippen molar-refractivity contribution >= 4 is 16.5 Å². The van der Waals surface area contributed by atoms with Gasteiger partial charge in [-0.2, -0.15) is 0 Å². The van der Waals surface area contributed by atoms with Crippen LogP contribution in [0, 0.1) is 0 Å². The van der Waals surface area contributed by atoms with E-state index < -0.39 is 10.0 Å². The summed E-state index contributed by atoms with van der Waals surface area (Å²) in [5, 5.41) is 0. The first-order chi connectivity index (χ1) is 7.17. The SMILES string of the molecule is O=COCCNS(=O)(=O)c1ccccc1. The van der Waals surface area contributed by atoms with Crippen LogP contribution in [0.1, 0.15) is 0 Å². The number of nitrogens with one attached hydrogen (secondary N) is 1. The molecule has 0 spiro atoms. The molecule has 0 aliphatic heterocycles. The molecule has 0 saturated heterocycles. The molecule has 1 aromatic carbocycles. The fourth-order valence-corrected chi connectivity index (χ4v) is 2.00. The van der Waals surface area contributed by atoms with Crippen molar-refractivity contribution in [2.75, 3.05) is 13.2 Å². The first-order valence-corrected chi connectivity index (χ1v) is 5.75. The zero-order chi connectivity index (χ0) is 11.1.